The van der Waals surface area contributed by atoms with Crippen LogP contribution in [0.1, 0.15) is 24.8 Å². The molecule has 2 saturated heterocycles. The molecule has 4 unspecified atom stereocenters. The molecule has 0 spiro atoms. The maximum absolute atomic E-state index is 12.2. The van der Waals surface area contributed by atoms with Crippen LogP contribution in [0, 0.1) is 11.8 Å². The second kappa shape index (κ2) is 7.65. The summed E-state index contributed by atoms with van der Waals surface area (Å²) < 4.78 is 0. The molecule has 0 aliphatic carbocycles. The average molecular weight is 343 g/mol. The van der Waals surface area contributed by atoms with Gasteiger partial charge in [0.2, 0.25) is 11.8 Å². The minimum atomic E-state index is -0.285. The zero-order chi connectivity index (χ0) is 17.8. The van der Waals surface area contributed by atoms with Gasteiger partial charge in [-0.15, -0.1) is 0 Å². The molecule has 0 bridgehead atoms. The molecule has 1 aromatic carbocycles. The summed E-state index contributed by atoms with van der Waals surface area (Å²) in [6.45, 7) is 0.530. The van der Waals surface area contributed by atoms with Gasteiger partial charge in [-0.25, -0.2) is 0 Å². The predicted octanol–water partition coefficient (Wildman–Crippen LogP) is -0.0980. The number of aliphatic imine (C=N–C) groups is 1. The molecule has 2 heterocycles. The van der Waals surface area contributed by atoms with E-state index in [1.807, 2.05) is 18.2 Å². The van der Waals surface area contributed by atoms with Crippen molar-refractivity contribution in [3.05, 3.63) is 35.9 Å². The van der Waals surface area contributed by atoms with Crippen LogP contribution in [0.5, 0.6) is 0 Å². The van der Waals surface area contributed by atoms with Gasteiger partial charge in [-0.1, -0.05) is 30.3 Å². The topological polar surface area (TPSA) is 123 Å². The number of fused-ring (bicyclic) bond motifs is 1. The molecule has 4 atom stereocenters. The lowest BCUT2D eigenvalue weighted by Gasteiger charge is -2.17. The van der Waals surface area contributed by atoms with Crippen LogP contribution in [0.3, 0.4) is 0 Å². The molecule has 25 heavy (non-hydrogen) atoms. The third kappa shape index (κ3) is 3.99. The van der Waals surface area contributed by atoms with E-state index < -0.39 is 0 Å². The number of amides is 2. The Hall–Kier alpha value is -2.41. The van der Waals surface area contributed by atoms with Crippen molar-refractivity contribution in [2.75, 3.05) is 6.54 Å². The number of benzene rings is 1. The molecule has 2 aliphatic heterocycles. The third-order valence-electron chi connectivity index (χ3n) is 5.09. The number of rotatable bonds is 7. The highest BCUT2D eigenvalue weighted by atomic mass is 16.2. The molecule has 0 saturated carbocycles. The first-order chi connectivity index (χ1) is 12.1. The number of guanidine groups is 1. The molecule has 0 aromatic heterocycles. The Kier molecular flexibility index (Phi) is 5.33. The quantitative estimate of drug-likeness (QED) is 0.238. The van der Waals surface area contributed by atoms with Crippen molar-refractivity contribution >= 4 is 17.8 Å². The zero-order valence-corrected chi connectivity index (χ0v) is 14.2. The van der Waals surface area contributed by atoms with Crippen LogP contribution < -0.4 is 22.1 Å². The molecule has 2 fully saturated rings. The lowest BCUT2D eigenvalue weighted by Crippen LogP contribution is -2.39. The van der Waals surface area contributed by atoms with E-state index in [-0.39, 0.29) is 41.7 Å². The first-order valence-electron chi connectivity index (χ1n) is 8.76. The second-order valence-electron chi connectivity index (χ2n) is 6.76. The molecule has 6 N–H and O–H groups in total. The van der Waals surface area contributed by atoms with Crippen molar-refractivity contribution in [3.63, 3.8) is 0 Å². The molecule has 134 valence electrons. The van der Waals surface area contributed by atoms with Crippen LogP contribution >= 0.6 is 0 Å². The molecule has 2 amide bonds. The number of carbonyl (C=O) groups excluding carboxylic acids is 2. The van der Waals surface area contributed by atoms with Crippen LogP contribution in [0.4, 0.5) is 0 Å². The Labute approximate surface area is 147 Å². The van der Waals surface area contributed by atoms with Crippen molar-refractivity contribution < 1.29 is 9.59 Å². The highest BCUT2D eigenvalue weighted by Gasteiger charge is 2.54. The lowest BCUT2D eigenvalue weighted by atomic mass is 9.86. The number of hydrogen-bond donors (Lipinski definition) is 4. The molecular weight excluding hydrogens is 318 g/mol. The fourth-order valence-electron chi connectivity index (χ4n) is 3.97. The maximum Gasteiger partial charge on any atom is 0.232 e. The van der Waals surface area contributed by atoms with E-state index >= 15 is 0 Å². The van der Waals surface area contributed by atoms with E-state index in [4.69, 9.17) is 11.5 Å². The monoisotopic (exact) mass is 343 g/mol. The van der Waals surface area contributed by atoms with Crippen molar-refractivity contribution in [1.29, 1.82) is 0 Å². The van der Waals surface area contributed by atoms with Gasteiger partial charge >= 0.3 is 0 Å². The SMILES string of the molecule is NC(N)=NCCCC1NC(CCc2ccccc2)C2C(=O)NC(=O)C12. The Morgan fingerprint density at radius 1 is 1.00 bits per heavy atom. The fourth-order valence-corrected chi connectivity index (χ4v) is 3.97. The van der Waals surface area contributed by atoms with Gasteiger partial charge in [0.1, 0.15) is 0 Å². The smallest absolute Gasteiger partial charge is 0.232 e. The number of nitrogens with zero attached hydrogens (tertiary/aromatic N) is 1. The van der Waals surface area contributed by atoms with Crippen LogP contribution in [0.2, 0.25) is 0 Å². The van der Waals surface area contributed by atoms with E-state index in [9.17, 15) is 9.59 Å². The first-order valence-corrected chi connectivity index (χ1v) is 8.76. The second-order valence-corrected chi connectivity index (χ2v) is 6.76. The Morgan fingerprint density at radius 3 is 2.28 bits per heavy atom. The number of imide groups is 1. The van der Waals surface area contributed by atoms with Gasteiger partial charge in [-0.05, 0) is 31.2 Å². The molecular formula is C18H25N5O2. The lowest BCUT2D eigenvalue weighted by molar-refractivity contribution is -0.126. The summed E-state index contributed by atoms with van der Waals surface area (Å²) in [7, 11) is 0. The summed E-state index contributed by atoms with van der Waals surface area (Å²) in [6.07, 6.45) is 3.24. The number of carbonyl (C=O) groups is 2. The van der Waals surface area contributed by atoms with Crippen molar-refractivity contribution in [2.45, 2.75) is 37.8 Å². The molecule has 3 rings (SSSR count). The largest absolute Gasteiger partial charge is 0.370 e. The summed E-state index contributed by atoms with van der Waals surface area (Å²) in [5.41, 5.74) is 11.9. The van der Waals surface area contributed by atoms with Crippen molar-refractivity contribution in [1.82, 2.24) is 10.6 Å². The molecule has 2 aliphatic rings. The van der Waals surface area contributed by atoms with Crippen LogP contribution in [0.15, 0.2) is 35.3 Å². The fraction of sp³-hybridized carbons (Fsp3) is 0.500. The summed E-state index contributed by atoms with van der Waals surface area (Å²) in [6, 6.07) is 10.2. The summed E-state index contributed by atoms with van der Waals surface area (Å²) in [5.74, 6) is -0.785. The Bertz CT molecular complexity index is 657. The normalized spacial score (nSPS) is 27.8. The molecule has 1 aromatic rings. The molecule has 0 radical (unpaired) electrons. The number of nitrogens with two attached hydrogens (primary N) is 2. The van der Waals surface area contributed by atoms with Crippen LogP contribution in [0.25, 0.3) is 0 Å². The third-order valence-corrected chi connectivity index (χ3v) is 5.09. The number of nitrogens with one attached hydrogen (secondary N) is 2. The minimum absolute atomic E-state index is 0.00794. The van der Waals surface area contributed by atoms with E-state index in [0.29, 0.717) is 6.54 Å². The highest BCUT2D eigenvalue weighted by molar-refractivity contribution is 6.06. The number of aryl methyl sites for hydroxylation is 1. The minimum Gasteiger partial charge on any atom is -0.370 e. The van der Waals surface area contributed by atoms with E-state index in [1.54, 1.807) is 0 Å². The highest BCUT2D eigenvalue weighted by Crippen LogP contribution is 2.36. The van der Waals surface area contributed by atoms with Gasteiger partial charge in [-0.3, -0.25) is 19.9 Å². The summed E-state index contributed by atoms with van der Waals surface area (Å²) >= 11 is 0. The molecule has 7 heteroatoms. The van der Waals surface area contributed by atoms with Gasteiger partial charge in [0, 0.05) is 18.6 Å². The van der Waals surface area contributed by atoms with Crippen LogP contribution in [-0.4, -0.2) is 36.4 Å². The van der Waals surface area contributed by atoms with Crippen molar-refractivity contribution in [2.24, 2.45) is 28.3 Å². The zero-order valence-electron chi connectivity index (χ0n) is 14.2. The molecule has 7 nitrogen and oxygen atoms in total. The number of hydrogen-bond acceptors (Lipinski definition) is 4. The van der Waals surface area contributed by atoms with E-state index in [1.165, 1.54) is 5.56 Å². The summed E-state index contributed by atoms with van der Waals surface area (Å²) in [4.78, 5) is 28.4. The van der Waals surface area contributed by atoms with E-state index in [0.717, 1.165) is 25.7 Å². The maximum atomic E-state index is 12.2. The Balaban J connectivity index is 1.62. The first kappa shape index (κ1) is 17.4. The van der Waals surface area contributed by atoms with Gasteiger partial charge in [0.15, 0.2) is 5.96 Å². The van der Waals surface area contributed by atoms with Gasteiger partial charge in [0.25, 0.3) is 0 Å². The standard InChI is InChI=1S/C18H25N5O2/c19-18(20)21-10-4-7-12-14-15(17(25)23-16(14)24)13(22-12)9-8-11-5-2-1-3-6-11/h1-3,5-6,12-15,22H,4,7-10H2,(H4,19,20,21)(H,23,24,25). The van der Waals surface area contributed by atoms with Crippen LogP contribution in [-0.2, 0) is 16.0 Å². The van der Waals surface area contributed by atoms with Gasteiger partial charge in [-0.2, -0.15) is 0 Å². The van der Waals surface area contributed by atoms with E-state index in [2.05, 4.69) is 27.8 Å². The van der Waals surface area contributed by atoms with Crippen molar-refractivity contribution in [3.8, 4) is 0 Å². The summed E-state index contributed by atoms with van der Waals surface area (Å²) in [5, 5.41) is 6.02. The average Bonchev–Trinajstić information content (AvgIpc) is 3.10. The Morgan fingerprint density at radius 2 is 1.64 bits per heavy atom. The van der Waals surface area contributed by atoms with Gasteiger partial charge in [0.05, 0.1) is 11.8 Å². The predicted molar refractivity (Wildman–Crippen MR) is 95.5 cm³/mol. The van der Waals surface area contributed by atoms with Gasteiger partial charge < -0.3 is 16.8 Å².